The molecular formula is C68H91Cl2Si5Zr. The van der Waals surface area contributed by atoms with Crippen molar-refractivity contribution in [3.05, 3.63) is 148 Å². The van der Waals surface area contributed by atoms with Crippen LogP contribution in [0.3, 0.4) is 0 Å². The molecule has 1 heterocycles. The van der Waals surface area contributed by atoms with E-state index in [-0.39, 0.29) is 19.1 Å². The molecule has 4 unspecified atom stereocenters. The van der Waals surface area contributed by atoms with E-state index in [9.17, 15) is 17.0 Å². The Kier molecular flexibility index (Phi) is 15.6. The Balaban J connectivity index is 1.45. The molecule has 0 fully saturated rings. The minimum atomic E-state index is -5.94. The van der Waals surface area contributed by atoms with E-state index in [0.717, 1.165) is 12.8 Å². The van der Waals surface area contributed by atoms with Crippen LogP contribution in [0.1, 0.15) is 121 Å². The van der Waals surface area contributed by atoms with Gasteiger partial charge in [0.1, 0.15) is 0 Å². The summed E-state index contributed by atoms with van der Waals surface area (Å²) < 4.78 is 1.05. The van der Waals surface area contributed by atoms with Crippen molar-refractivity contribution in [2.24, 2.45) is 11.8 Å². The van der Waals surface area contributed by atoms with E-state index in [1.807, 2.05) is 0 Å². The molecule has 0 radical (unpaired) electrons. The molecule has 0 saturated heterocycles. The van der Waals surface area contributed by atoms with Gasteiger partial charge in [-0.2, -0.15) is 0 Å². The van der Waals surface area contributed by atoms with Gasteiger partial charge < -0.3 is 0 Å². The van der Waals surface area contributed by atoms with Crippen LogP contribution in [-0.2, 0) is 16.4 Å². The summed E-state index contributed by atoms with van der Waals surface area (Å²) in [5, 5.41) is 9.21. The first-order valence-corrected chi connectivity index (χ1v) is 55.0. The molecule has 0 amide bonds. The molecule has 76 heavy (non-hydrogen) atoms. The second kappa shape index (κ2) is 20.4. The molecule has 0 N–H and O–H groups in total. The van der Waals surface area contributed by atoms with Gasteiger partial charge in [-0.05, 0) is 0 Å². The average Bonchev–Trinajstić information content (AvgIpc) is 4.14. The Morgan fingerprint density at radius 3 is 1.22 bits per heavy atom. The Labute approximate surface area is 476 Å². The summed E-state index contributed by atoms with van der Waals surface area (Å²) in [4.78, 5) is 0. The molecule has 2 aliphatic carbocycles. The van der Waals surface area contributed by atoms with Gasteiger partial charge in [0.05, 0.1) is 0 Å². The molecule has 401 valence electrons. The summed E-state index contributed by atoms with van der Waals surface area (Å²) in [5.41, 5.74) is 19.6. The average molecular weight is 1210 g/mol. The predicted octanol–water partition coefficient (Wildman–Crippen LogP) is 16.5. The van der Waals surface area contributed by atoms with E-state index in [4.69, 9.17) is 0 Å². The molecule has 6 aromatic carbocycles. The van der Waals surface area contributed by atoms with Crippen LogP contribution in [0.4, 0.5) is 0 Å². The topological polar surface area (TPSA) is 0 Å². The van der Waals surface area contributed by atoms with Gasteiger partial charge in [-0.25, -0.2) is 0 Å². The Morgan fingerprint density at radius 2 is 0.855 bits per heavy atom. The second-order valence-corrected chi connectivity index (χ2v) is 71.3. The number of halogens is 2. The third-order valence-corrected chi connectivity index (χ3v) is 49.2. The number of hydrogen-bond acceptors (Lipinski definition) is 0. The molecule has 4 atom stereocenters. The van der Waals surface area contributed by atoms with E-state index in [1.165, 1.54) is 91.6 Å². The van der Waals surface area contributed by atoms with Gasteiger partial charge in [0.25, 0.3) is 0 Å². The standard InChI is InChI=1S/2C28H41Si2.C12H9Si.2ClH.Zr/c2*1-11-20(4)22-14-21-12-13-26(19(2)3)28(27(21)17-22)23-15-24(29(5,6)7)18-25(16-23)30(8,9)10;1-3-7-11-9(5-1)10-6-2-4-8-12(10)13-11;;;/h2*12-20H,11H2,1-10H3;1-7H,13H2;2*1H;/q;;;;;+2/p-2. The van der Waals surface area contributed by atoms with Crippen molar-refractivity contribution >= 4 is 105 Å². The van der Waals surface area contributed by atoms with Gasteiger partial charge >= 0.3 is 481 Å². The molecule has 0 nitrogen and oxygen atoms in total. The minimum absolute atomic E-state index is 0.138. The molecule has 9 rings (SSSR count). The van der Waals surface area contributed by atoms with Gasteiger partial charge in [-0.3, -0.25) is 0 Å². The van der Waals surface area contributed by atoms with Crippen molar-refractivity contribution in [1.82, 2.24) is 0 Å². The predicted molar refractivity (Wildman–Crippen MR) is 355 cm³/mol. The number of rotatable bonds is 15. The third-order valence-electron chi connectivity index (χ3n) is 18.5. The van der Waals surface area contributed by atoms with Crippen LogP contribution in [0.15, 0.2) is 114 Å². The molecule has 3 aliphatic rings. The van der Waals surface area contributed by atoms with Crippen molar-refractivity contribution in [2.45, 2.75) is 166 Å². The van der Waals surface area contributed by atoms with E-state index >= 15 is 0 Å². The molecule has 0 spiro atoms. The van der Waals surface area contributed by atoms with E-state index in [2.05, 4.69) is 249 Å². The summed E-state index contributed by atoms with van der Waals surface area (Å²) >= 11 is -5.94. The second-order valence-electron chi connectivity index (χ2n) is 28.6. The van der Waals surface area contributed by atoms with Crippen molar-refractivity contribution in [2.75, 3.05) is 0 Å². The van der Waals surface area contributed by atoms with Crippen molar-refractivity contribution < 1.29 is 16.4 Å². The van der Waals surface area contributed by atoms with Crippen molar-refractivity contribution in [1.29, 1.82) is 0 Å². The third kappa shape index (κ3) is 9.95. The normalized spacial score (nSPS) is 18.3. The summed E-state index contributed by atoms with van der Waals surface area (Å²) in [6.07, 6.45) is 7.38. The monoisotopic (exact) mass is 1210 g/mol. The van der Waals surface area contributed by atoms with Crippen molar-refractivity contribution in [3.63, 3.8) is 0 Å². The van der Waals surface area contributed by atoms with E-state index in [1.54, 1.807) is 20.7 Å². The molecule has 0 bridgehead atoms. The van der Waals surface area contributed by atoms with Crippen LogP contribution in [0.5, 0.6) is 0 Å². The van der Waals surface area contributed by atoms with E-state index < -0.39 is 58.2 Å². The molecule has 0 aromatic heterocycles. The zero-order chi connectivity index (χ0) is 55.6. The molecule has 0 saturated carbocycles. The molecule has 1 aliphatic heterocycles. The van der Waals surface area contributed by atoms with Gasteiger partial charge in [-0.1, -0.05) is 0 Å². The zero-order valence-corrected chi connectivity index (χ0v) is 59.7. The Bertz CT molecular complexity index is 3110. The van der Waals surface area contributed by atoms with Crippen LogP contribution < -0.4 is 34.4 Å². The SMILES string of the molecule is CCC(C)C1=Cc2c(ccc(C(C)C)c2-c2cc([Si](C)(C)C)cc([Si](C)(C)C)c2)[CH]1[Zr]([Cl])([Cl])([c]1cccc2c1[SiH2]c1ccccc1-2)[CH]1C(C(C)CC)=Cc2c1ccc(C(C)C)c2-c1cc([Si](C)(C)C)cc([Si](C)(C)C)c1. The quantitative estimate of drug-likeness (QED) is 0.0898. The number of hydrogen-bond donors (Lipinski definition) is 0. The first-order chi connectivity index (χ1) is 35.3. The Morgan fingerprint density at radius 1 is 0.474 bits per heavy atom. The maximum atomic E-state index is 9.89. The zero-order valence-electron chi connectivity index (χ0n) is 50.3. The Hall–Kier alpha value is -2.65. The molecular weight excluding hydrogens is 1120 g/mol. The van der Waals surface area contributed by atoms with Gasteiger partial charge in [0.2, 0.25) is 0 Å². The van der Waals surface area contributed by atoms with Gasteiger partial charge in [0.15, 0.2) is 0 Å². The van der Waals surface area contributed by atoms with Crippen LogP contribution in [0.25, 0.3) is 45.5 Å². The first kappa shape index (κ1) is 58.0. The van der Waals surface area contributed by atoms with Crippen molar-refractivity contribution in [3.8, 4) is 33.4 Å². The first-order valence-electron chi connectivity index (χ1n) is 29.2. The van der Waals surface area contributed by atoms with Crippen LogP contribution in [0.2, 0.25) is 78.6 Å². The van der Waals surface area contributed by atoms with Crippen LogP contribution in [0, 0.1) is 11.8 Å². The summed E-state index contributed by atoms with van der Waals surface area (Å²) in [5.74, 6) is 1.21. The maximum absolute atomic E-state index is 9.89. The van der Waals surface area contributed by atoms with E-state index in [0.29, 0.717) is 11.8 Å². The fourth-order valence-electron chi connectivity index (χ4n) is 13.4. The number of benzene rings is 6. The summed E-state index contributed by atoms with van der Waals surface area (Å²) in [6.45, 7) is 49.6. The van der Waals surface area contributed by atoms with Gasteiger partial charge in [0, 0.05) is 0 Å². The summed E-state index contributed by atoms with van der Waals surface area (Å²) in [6, 6.07) is 42.2. The molecule has 8 heteroatoms. The fourth-order valence-corrected chi connectivity index (χ4v) is 46.4. The van der Waals surface area contributed by atoms with Crippen LogP contribution in [-0.4, -0.2) is 41.8 Å². The number of fused-ring (bicyclic) bond motifs is 5. The number of allylic oxidation sites excluding steroid dienone is 2. The summed E-state index contributed by atoms with van der Waals surface area (Å²) in [7, 11) is 12.0. The fraction of sp³-hybridized carbons (Fsp3) is 0.412. The molecule has 6 aromatic rings. The van der Waals surface area contributed by atoms with Gasteiger partial charge in [-0.15, -0.1) is 0 Å². The van der Waals surface area contributed by atoms with Crippen LogP contribution >= 0.6 is 17.0 Å².